The van der Waals surface area contributed by atoms with Crippen molar-refractivity contribution >= 4 is 46.5 Å². The number of nitrogens with zero attached hydrogens (tertiary/aromatic N) is 1. The zero-order valence-electron chi connectivity index (χ0n) is 16.6. The number of carbonyl (C=O) groups is 2. The van der Waals surface area contributed by atoms with Crippen LogP contribution in [0.5, 0.6) is 11.5 Å². The molecule has 1 fully saturated rings. The number of methoxy groups -OCH3 is 1. The summed E-state index contributed by atoms with van der Waals surface area (Å²) in [5.74, 6) is 0.587. The van der Waals surface area contributed by atoms with Gasteiger partial charge in [-0.2, -0.15) is 0 Å². The van der Waals surface area contributed by atoms with E-state index in [0.717, 1.165) is 5.56 Å². The molecule has 0 atom stereocenters. The molecule has 2 heterocycles. The monoisotopic (exact) mass is 467 g/mol. The third-order valence-corrected chi connectivity index (χ3v) is 6.83. The molecule has 158 valence electrons. The van der Waals surface area contributed by atoms with E-state index in [1.807, 2.05) is 13.0 Å². The van der Waals surface area contributed by atoms with E-state index in [-0.39, 0.29) is 34.4 Å². The fourth-order valence-electron chi connectivity index (χ4n) is 4.10. The number of fused-ring (bicyclic) bond motifs is 1. The van der Waals surface area contributed by atoms with Gasteiger partial charge in [0.15, 0.2) is 11.5 Å². The first-order chi connectivity index (χ1) is 14.2. The van der Waals surface area contributed by atoms with Gasteiger partial charge in [-0.3, -0.25) is 9.59 Å². The molecule has 0 aliphatic carbocycles. The van der Waals surface area contributed by atoms with Crippen molar-refractivity contribution in [3.05, 3.63) is 56.0 Å². The third-order valence-electron chi connectivity index (χ3n) is 5.81. The van der Waals surface area contributed by atoms with Gasteiger partial charge in [0, 0.05) is 31.0 Å². The zero-order valence-corrected chi connectivity index (χ0v) is 18.8. The lowest BCUT2D eigenvalue weighted by Crippen LogP contribution is -2.52. The van der Waals surface area contributed by atoms with Crippen LogP contribution in [-0.4, -0.2) is 42.4 Å². The first kappa shape index (κ1) is 21.3. The molecule has 1 amide bonds. The standard InChI is InChI=1S/C22H20Cl3NO4/c1-12-9-18-13(10-16(12)25)17(27)11-22(30-18)5-7-26(8-6-22)21(28)19-14(23)3-4-15(24)20(19)29-2/h3-4,9-10H,5-8,11H2,1-2H3. The average Bonchev–Trinajstić information content (AvgIpc) is 2.71. The fourth-order valence-corrected chi connectivity index (χ4v) is 4.73. The largest absolute Gasteiger partial charge is 0.494 e. The van der Waals surface area contributed by atoms with Crippen LogP contribution in [0, 0.1) is 6.92 Å². The van der Waals surface area contributed by atoms with Crippen molar-refractivity contribution < 1.29 is 19.1 Å². The fraction of sp³-hybridized carbons (Fsp3) is 0.364. The zero-order chi connectivity index (χ0) is 21.6. The van der Waals surface area contributed by atoms with Gasteiger partial charge in [0.25, 0.3) is 5.91 Å². The molecular formula is C22H20Cl3NO4. The van der Waals surface area contributed by atoms with Gasteiger partial charge in [0.05, 0.1) is 29.1 Å². The van der Waals surface area contributed by atoms with Crippen LogP contribution < -0.4 is 9.47 Å². The van der Waals surface area contributed by atoms with Crippen LogP contribution >= 0.6 is 34.8 Å². The third kappa shape index (κ3) is 3.64. The number of aryl methyl sites for hydroxylation is 1. The van der Waals surface area contributed by atoms with Crippen molar-refractivity contribution in [3.63, 3.8) is 0 Å². The van der Waals surface area contributed by atoms with E-state index in [2.05, 4.69) is 0 Å². The van der Waals surface area contributed by atoms with E-state index in [9.17, 15) is 9.59 Å². The molecule has 30 heavy (non-hydrogen) atoms. The molecular weight excluding hydrogens is 449 g/mol. The van der Waals surface area contributed by atoms with Crippen molar-refractivity contribution in [2.45, 2.75) is 31.8 Å². The highest BCUT2D eigenvalue weighted by molar-refractivity contribution is 6.37. The van der Waals surface area contributed by atoms with Crippen LogP contribution in [0.15, 0.2) is 24.3 Å². The van der Waals surface area contributed by atoms with E-state index in [1.54, 1.807) is 23.1 Å². The summed E-state index contributed by atoms with van der Waals surface area (Å²) in [6.07, 6.45) is 1.33. The highest BCUT2D eigenvalue weighted by Gasteiger charge is 2.44. The molecule has 4 rings (SSSR count). The molecule has 0 aromatic heterocycles. The van der Waals surface area contributed by atoms with E-state index >= 15 is 0 Å². The van der Waals surface area contributed by atoms with Gasteiger partial charge in [0.2, 0.25) is 0 Å². The first-order valence-corrected chi connectivity index (χ1v) is 10.7. The molecule has 2 aromatic rings. The topological polar surface area (TPSA) is 55.8 Å². The van der Waals surface area contributed by atoms with Gasteiger partial charge in [-0.15, -0.1) is 0 Å². The lowest BCUT2D eigenvalue weighted by molar-refractivity contribution is -0.00577. The van der Waals surface area contributed by atoms with Crippen LogP contribution in [-0.2, 0) is 0 Å². The number of likely N-dealkylation sites (tertiary alicyclic amines) is 1. The highest BCUT2D eigenvalue weighted by atomic mass is 35.5. The van der Waals surface area contributed by atoms with Crippen molar-refractivity contribution in [2.75, 3.05) is 20.2 Å². The predicted octanol–water partition coefficient (Wildman–Crippen LogP) is 5.60. The Hall–Kier alpha value is -1.95. The Balaban J connectivity index is 1.55. The number of amides is 1. The van der Waals surface area contributed by atoms with Gasteiger partial charge in [-0.1, -0.05) is 34.8 Å². The maximum Gasteiger partial charge on any atom is 0.259 e. The van der Waals surface area contributed by atoms with Crippen LogP contribution in [0.4, 0.5) is 0 Å². The maximum atomic E-state index is 13.1. The molecule has 2 aromatic carbocycles. The Morgan fingerprint density at radius 3 is 2.43 bits per heavy atom. The summed E-state index contributed by atoms with van der Waals surface area (Å²) < 4.78 is 11.6. The van der Waals surface area contributed by atoms with Gasteiger partial charge in [-0.05, 0) is 36.8 Å². The summed E-state index contributed by atoms with van der Waals surface area (Å²) in [4.78, 5) is 27.6. The molecule has 1 spiro atoms. The summed E-state index contributed by atoms with van der Waals surface area (Å²) in [5.41, 5.74) is 1.00. The second-order valence-corrected chi connectivity index (χ2v) is 8.93. The minimum absolute atomic E-state index is 0.0116. The van der Waals surface area contributed by atoms with Crippen molar-refractivity contribution in [1.82, 2.24) is 4.90 Å². The highest BCUT2D eigenvalue weighted by Crippen LogP contribution is 2.42. The number of ketones is 1. The Bertz CT molecular complexity index is 1050. The van der Waals surface area contributed by atoms with Crippen LogP contribution in [0.25, 0.3) is 0 Å². The average molecular weight is 469 g/mol. The van der Waals surface area contributed by atoms with E-state index in [0.29, 0.717) is 47.3 Å². The SMILES string of the molecule is COc1c(Cl)ccc(Cl)c1C(=O)N1CCC2(CC1)CC(=O)c1cc(Cl)c(C)cc1O2. The number of piperidine rings is 1. The molecule has 1 saturated heterocycles. The number of halogens is 3. The molecule has 2 aliphatic rings. The summed E-state index contributed by atoms with van der Waals surface area (Å²) in [7, 11) is 1.45. The van der Waals surface area contributed by atoms with E-state index < -0.39 is 5.60 Å². The molecule has 0 saturated carbocycles. The van der Waals surface area contributed by atoms with Crippen molar-refractivity contribution in [3.8, 4) is 11.5 Å². The summed E-state index contributed by atoms with van der Waals surface area (Å²) in [5, 5.41) is 1.16. The molecule has 0 bridgehead atoms. The number of ether oxygens (including phenoxy) is 2. The Labute approximate surface area is 189 Å². The molecule has 5 nitrogen and oxygen atoms in total. The Kier molecular flexibility index (Phi) is 5.64. The lowest BCUT2D eigenvalue weighted by Gasteiger charge is -2.44. The van der Waals surface area contributed by atoms with Gasteiger partial charge >= 0.3 is 0 Å². The van der Waals surface area contributed by atoms with Gasteiger partial charge in [0.1, 0.15) is 16.9 Å². The number of carbonyl (C=O) groups excluding carboxylic acids is 2. The normalized spacial score (nSPS) is 17.5. The number of hydrogen-bond acceptors (Lipinski definition) is 4. The van der Waals surface area contributed by atoms with Crippen LogP contribution in [0.3, 0.4) is 0 Å². The smallest absolute Gasteiger partial charge is 0.259 e. The number of Topliss-reactive ketones (excluding diaryl/α,β-unsaturated/α-hetero) is 1. The van der Waals surface area contributed by atoms with Gasteiger partial charge in [-0.25, -0.2) is 0 Å². The van der Waals surface area contributed by atoms with E-state index in [4.69, 9.17) is 44.3 Å². The molecule has 2 aliphatic heterocycles. The van der Waals surface area contributed by atoms with Crippen molar-refractivity contribution in [1.29, 1.82) is 0 Å². The molecule has 0 N–H and O–H groups in total. The minimum atomic E-state index is -0.622. The molecule has 0 radical (unpaired) electrons. The van der Waals surface area contributed by atoms with E-state index in [1.165, 1.54) is 7.11 Å². The van der Waals surface area contributed by atoms with Gasteiger partial charge < -0.3 is 14.4 Å². The Morgan fingerprint density at radius 1 is 1.10 bits per heavy atom. The molecule has 8 heteroatoms. The summed E-state index contributed by atoms with van der Waals surface area (Å²) >= 11 is 18.6. The second kappa shape index (κ2) is 7.95. The Morgan fingerprint density at radius 2 is 1.77 bits per heavy atom. The summed E-state index contributed by atoms with van der Waals surface area (Å²) in [6.45, 7) is 2.74. The minimum Gasteiger partial charge on any atom is -0.494 e. The quantitative estimate of drug-likeness (QED) is 0.575. The molecule has 0 unspecified atom stereocenters. The maximum absolute atomic E-state index is 13.1. The second-order valence-electron chi connectivity index (χ2n) is 7.71. The number of benzene rings is 2. The number of rotatable bonds is 2. The predicted molar refractivity (Wildman–Crippen MR) is 117 cm³/mol. The number of hydrogen-bond donors (Lipinski definition) is 0. The first-order valence-electron chi connectivity index (χ1n) is 9.58. The van der Waals surface area contributed by atoms with Crippen LogP contribution in [0.2, 0.25) is 15.1 Å². The lowest BCUT2D eigenvalue weighted by atomic mass is 9.82. The summed E-state index contributed by atoms with van der Waals surface area (Å²) in [6, 6.07) is 6.66. The van der Waals surface area contributed by atoms with Crippen molar-refractivity contribution in [2.24, 2.45) is 0 Å². The van der Waals surface area contributed by atoms with Crippen LogP contribution in [0.1, 0.15) is 45.5 Å².